The first-order valence-electron chi connectivity index (χ1n) is 5.98. The van der Waals surface area contributed by atoms with Crippen LogP contribution in [0.5, 0.6) is 5.75 Å². The zero-order valence-electron chi connectivity index (χ0n) is 10.6. The summed E-state index contributed by atoms with van der Waals surface area (Å²) in [5.41, 5.74) is 3.24. The maximum atomic E-state index is 12.0. The first-order valence-corrected chi connectivity index (χ1v) is 5.98. The molecule has 0 spiro atoms. The van der Waals surface area contributed by atoms with Crippen molar-refractivity contribution in [3.8, 4) is 5.75 Å². The van der Waals surface area contributed by atoms with Crippen LogP contribution in [-0.2, 0) is 6.54 Å². The molecule has 0 amide bonds. The summed E-state index contributed by atoms with van der Waals surface area (Å²) < 4.78 is 28.3. The summed E-state index contributed by atoms with van der Waals surface area (Å²) in [7, 11) is 0. The van der Waals surface area contributed by atoms with Crippen LogP contribution in [0.15, 0.2) is 48.5 Å². The van der Waals surface area contributed by atoms with Gasteiger partial charge in [-0.1, -0.05) is 30.3 Å². The van der Waals surface area contributed by atoms with Gasteiger partial charge in [0, 0.05) is 12.2 Å². The molecule has 19 heavy (non-hydrogen) atoms. The molecular formula is C15H15F2NO. The van der Waals surface area contributed by atoms with Gasteiger partial charge in [0.05, 0.1) is 0 Å². The zero-order chi connectivity index (χ0) is 13.7. The molecule has 0 saturated carbocycles. The Balaban J connectivity index is 1.95. The van der Waals surface area contributed by atoms with E-state index in [0.29, 0.717) is 6.54 Å². The highest BCUT2D eigenvalue weighted by Gasteiger charge is 2.03. The first-order chi connectivity index (χ1) is 9.15. The Labute approximate surface area is 111 Å². The van der Waals surface area contributed by atoms with Crippen LogP contribution in [0.2, 0.25) is 0 Å². The molecule has 0 aliphatic carbocycles. The van der Waals surface area contributed by atoms with Crippen molar-refractivity contribution < 1.29 is 13.5 Å². The Morgan fingerprint density at radius 1 is 1.05 bits per heavy atom. The predicted molar refractivity (Wildman–Crippen MR) is 71.6 cm³/mol. The Kier molecular flexibility index (Phi) is 4.34. The monoisotopic (exact) mass is 263 g/mol. The molecule has 2 nitrogen and oxygen atoms in total. The fourth-order valence-corrected chi connectivity index (χ4v) is 1.76. The minimum atomic E-state index is -2.78. The number of nitrogens with one attached hydrogen (secondary N) is 1. The minimum absolute atomic E-state index is 0.176. The number of aryl methyl sites for hydroxylation is 1. The molecule has 100 valence electrons. The van der Waals surface area contributed by atoms with Crippen LogP contribution in [0.3, 0.4) is 0 Å². The summed E-state index contributed by atoms with van der Waals surface area (Å²) in [5, 5.41) is 3.30. The van der Waals surface area contributed by atoms with Crippen molar-refractivity contribution in [2.45, 2.75) is 20.1 Å². The van der Waals surface area contributed by atoms with Crippen LogP contribution in [0, 0.1) is 6.92 Å². The fourth-order valence-electron chi connectivity index (χ4n) is 1.76. The van der Waals surface area contributed by atoms with Gasteiger partial charge in [0.15, 0.2) is 0 Å². The summed E-state index contributed by atoms with van der Waals surface area (Å²) in [6.45, 7) is -0.113. The summed E-state index contributed by atoms with van der Waals surface area (Å²) in [4.78, 5) is 0. The van der Waals surface area contributed by atoms with E-state index < -0.39 is 6.61 Å². The summed E-state index contributed by atoms with van der Waals surface area (Å²) in [6.07, 6.45) is 0. The average Bonchev–Trinajstić information content (AvgIpc) is 2.39. The average molecular weight is 263 g/mol. The van der Waals surface area contributed by atoms with Gasteiger partial charge >= 0.3 is 6.61 Å². The van der Waals surface area contributed by atoms with Crippen molar-refractivity contribution in [2.24, 2.45) is 0 Å². The number of alkyl halides is 2. The Hall–Kier alpha value is -2.10. The Bertz CT molecular complexity index is 526. The third kappa shape index (κ3) is 3.95. The van der Waals surface area contributed by atoms with Gasteiger partial charge in [0.1, 0.15) is 5.75 Å². The quantitative estimate of drug-likeness (QED) is 0.872. The fraction of sp³-hybridized carbons (Fsp3) is 0.200. The molecule has 1 N–H and O–H groups in total. The number of rotatable bonds is 5. The van der Waals surface area contributed by atoms with E-state index in [2.05, 4.69) is 10.1 Å². The molecule has 2 aromatic rings. The lowest BCUT2D eigenvalue weighted by atomic mass is 10.1. The molecule has 0 unspecified atom stereocenters. The van der Waals surface area contributed by atoms with Crippen molar-refractivity contribution in [2.75, 3.05) is 5.32 Å². The zero-order valence-corrected chi connectivity index (χ0v) is 10.6. The predicted octanol–water partition coefficient (Wildman–Crippen LogP) is 4.21. The van der Waals surface area contributed by atoms with Gasteiger partial charge in [-0.25, -0.2) is 0 Å². The second kappa shape index (κ2) is 6.18. The molecule has 0 fully saturated rings. The minimum Gasteiger partial charge on any atom is -0.435 e. The lowest BCUT2D eigenvalue weighted by molar-refractivity contribution is -0.0498. The van der Waals surface area contributed by atoms with E-state index in [1.165, 1.54) is 5.56 Å². The van der Waals surface area contributed by atoms with Crippen LogP contribution in [-0.4, -0.2) is 6.61 Å². The van der Waals surface area contributed by atoms with E-state index in [1.807, 2.05) is 31.2 Å². The number of hydrogen-bond donors (Lipinski definition) is 1. The highest BCUT2D eigenvalue weighted by molar-refractivity contribution is 5.50. The molecule has 0 atom stereocenters. The first kappa shape index (κ1) is 13.3. The molecule has 0 aromatic heterocycles. The van der Waals surface area contributed by atoms with Crippen molar-refractivity contribution in [3.63, 3.8) is 0 Å². The molecule has 0 radical (unpaired) electrons. The molecule has 2 rings (SSSR count). The van der Waals surface area contributed by atoms with Crippen LogP contribution in [0.25, 0.3) is 0 Å². The molecule has 0 heterocycles. The SMILES string of the molecule is Cc1ccccc1NCc1ccc(OC(F)F)cc1. The molecule has 2 aromatic carbocycles. The van der Waals surface area contributed by atoms with Crippen molar-refractivity contribution in [1.82, 2.24) is 0 Å². The number of ether oxygens (including phenoxy) is 1. The van der Waals surface area contributed by atoms with E-state index >= 15 is 0 Å². The van der Waals surface area contributed by atoms with Crippen molar-refractivity contribution >= 4 is 5.69 Å². The maximum Gasteiger partial charge on any atom is 0.387 e. The number of hydrogen-bond acceptors (Lipinski definition) is 2. The maximum absolute atomic E-state index is 12.0. The summed E-state index contributed by atoms with van der Waals surface area (Å²) >= 11 is 0. The Morgan fingerprint density at radius 2 is 1.74 bits per heavy atom. The van der Waals surface area contributed by atoms with E-state index in [0.717, 1.165) is 11.3 Å². The normalized spacial score (nSPS) is 10.5. The molecule has 0 saturated heterocycles. The van der Waals surface area contributed by atoms with Crippen LogP contribution in [0.1, 0.15) is 11.1 Å². The van der Waals surface area contributed by atoms with E-state index in [4.69, 9.17) is 0 Å². The second-order valence-electron chi connectivity index (χ2n) is 4.19. The topological polar surface area (TPSA) is 21.3 Å². The number of anilines is 1. The third-order valence-corrected chi connectivity index (χ3v) is 2.78. The highest BCUT2D eigenvalue weighted by Crippen LogP contribution is 2.17. The van der Waals surface area contributed by atoms with E-state index in [9.17, 15) is 8.78 Å². The van der Waals surface area contributed by atoms with E-state index in [1.54, 1.807) is 24.3 Å². The molecule has 0 aliphatic heterocycles. The van der Waals surface area contributed by atoms with Gasteiger partial charge in [-0.05, 0) is 36.2 Å². The van der Waals surface area contributed by atoms with Crippen molar-refractivity contribution in [1.29, 1.82) is 0 Å². The lowest BCUT2D eigenvalue weighted by Crippen LogP contribution is -2.03. The van der Waals surface area contributed by atoms with Crippen molar-refractivity contribution in [3.05, 3.63) is 59.7 Å². The molecule has 0 bridgehead atoms. The molecule has 4 heteroatoms. The van der Waals surface area contributed by atoms with Gasteiger partial charge in [0.2, 0.25) is 0 Å². The van der Waals surface area contributed by atoms with Gasteiger partial charge in [-0.15, -0.1) is 0 Å². The number of halogens is 2. The van der Waals surface area contributed by atoms with Gasteiger partial charge in [-0.2, -0.15) is 8.78 Å². The smallest absolute Gasteiger partial charge is 0.387 e. The van der Waals surface area contributed by atoms with Crippen LogP contribution in [0.4, 0.5) is 14.5 Å². The number of para-hydroxylation sites is 1. The van der Waals surface area contributed by atoms with E-state index in [-0.39, 0.29) is 5.75 Å². The lowest BCUT2D eigenvalue weighted by Gasteiger charge is -2.10. The summed E-state index contributed by atoms with van der Waals surface area (Å²) in [5.74, 6) is 0.176. The number of benzene rings is 2. The van der Waals surface area contributed by atoms with Gasteiger partial charge < -0.3 is 10.1 Å². The summed E-state index contributed by atoms with van der Waals surface area (Å²) in [6, 6.07) is 14.6. The molecular weight excluding hydrogens is 248 g/mol. The highest BCUT2D eigenvalue weighted by atomic mass is 19.3. The Morgan fingerprint density at radius 3 is 2.37 bits per heavy atom. The van der Waals surface area contributed by atoms with Gasteiger partial charge in [-0.3, -0.25) is 0 Å². The third-order valence-electron chi connectivity index (χ3n) is 2.78. The van der Waals surface area contributed by atoms with Crippen LogP contribution < -0.4 is 10.1 Å². The van der Waals surface area contributed by atoms with Crippen LogP contribution >= 0.6 is 0 Å². The second-order valence-corrected chi connectivity index (χ2v) is 4.19. The van der Waals surface area contributed by atoms with Gasteiger partial charge in [0.25, 0.3) is 0 Å². The largest absolute Gasteiger partial charge is 0.435 e. The standard InChI is InChI=1S/C15H15F2NO/c1-11-4-2-3-5-14(11)18-10-12-6-8-13(9-7-12)19-15(16)17/h2-9,15,18H,10H2,1H3. The molecule has 0 aliphatic rings.